The van der Waals surface area contributed by atoms with Crippen LogP contribution in [-0.2, 0) is 20.1 Å². The van der Waals surface area contributed by atoms with E-state index in [2.05, 4.69) is 20.4 Å². The molecule has 38 heavy (non-hydrogen) atoms. The van der Waals surface area contributed by atoms with Gasteiger partial charge in [0.25, 0.3) is 17.0 Å². The van der Waals surface area contributed by atoms with E-state index in [-0.39, 0.29) is 17.2 Å². The molecule has 0 aliphatic carbocycles. The number of amides is 2. The predicted octanol–water partition coefficient (Wildman–Crippen LogP) is 0.988. The van der Waals surface area contributed by atoms with Gasteiger partial charge in [0.15, 0.2) is 5.71 Å². The van der Waals surface area contributed by atoms with Gasteiger partial charge in [0.1, 0.15) is 28.6 Å². The second kappa shape index (κ2) is 12.2. The molecule has 2 aliphatic heterocycles. The molecule has 2 aromatic heterocycles. The van der Waals surface area contributed by atoms with Gasteiger partial charge >= 0.3 is 5.97 Å². The smallest absolute Gasteiger partial charge is 0.353 e. The van der Waals surface area contributed by atoms with Crippen molar-refractivity contribution in [3.63, 3.8) is 0 Å². The maximum absolute atomic E-state index is 13.0. The van der Waals surface area contributed by atoms with E-state index in [1.165, 1.54) is 65.1 Å². The molecule has 17 heteroatoms. The summed E-state index contributed by atoms with van der Waals surface area (Å²) < 4.78 is 6.04. The highest BCUT2D eigenvalue weighted by atomic mass is 32.2. The number of fused-ring (bicyclic) bond motifs is 1. The first kappa shape index (κ1) is 28.0. The third-order valence-electron chi connectivity index (χ3n) is 5.28. The zero-order chi connectivity index (χ0) is 27.4. The molecular weight excluding hydrogens is 575 g/mol. The molecule has 1 saturated heterocycles. The third kappa shape index (κ3) is 5.70. The Morgan fingerprint density at radius 3 is 2.82 bits per heavy atom. The van der Waals surface area contributed by atoms with Gasteiger partial charge in [-0.25, -0.2) is 14.8 Å². The summed E-state index contributed by atoms with van der Waals surface area (Å²) in [6, 6.07) is 3.45. The van der Waals surface area contributed by atoms with Crippen molar-refractivity contribution in [1.29, 1.82) is 0 Å². The normalized spacial score (nSPS) is 19.2. The SMILES string of the molecule is COc1nc(CSCCN)c(SC2=C(C(=O)O)N3C(=O)[C@@H](NC(=O)/C(=N/O)c4cccc(N)n4)[C@H]3SC2)s1. The standard InChI is InChI=1S/C21H23N7O6S4/c1-34-21-25-10(7-35-6-5-22)20(38-21)37-11-8-36-18-14(17(30)28(18)15(11)19(31)32)26-16(29)13(27-33)9-3-2-4-12(23)24-9/h2-4,14,18,33H,5-8,22H2,1H3,(H2,23,24)(H,26,29)(H,31,32)/b27-13+/t14-,18-/m1/s1. The Balaban J connectivity index is 1.53. The number of ether oxygens (including phenoxy) is 1. The lowest BCUT2D eigenvalue weighted by atomic mass is 10.0. The summed E-state index contributed by atoms with van der Waals surface area (Å²) in [7, 11) is 1.51. The molecule has 0 radical (unpaired) electrons. The summed E-state index contributed by atoms with van der Waals surface area (Å²) >= 11 is 5.46. The number of aromatic nitrogens is 2. The van der Waals surface area contributed by atoms with Crippen molar-refractivity contribution in [3.05, 3.63) is 40.2 Å². The average molecular weight is 598 g/mol. The van der Waals surface area contributed by atoms with Gasteiger partial charge in [-0.1, -0.05) is 34.3 Å². The lowest BCUT2D eigenvalue weighted by Gasteiger charge is -2.49. The number of carbonyl (C=O) groups is 3. The Morgan fingerprint density at radius 1 is 1.37 bits per heavy atom. The zero-order valence-electron chi connectivity index (χ0n) is 19.8. The largest absolute Gasteiger partial charge is 0.477 e. The Labute approximate surface area is 233 Å². The summed E-state index contributed by atoms with van der Waals surface area (Å²) in [6.45, 7) is 0.525. The number of carboxylic acids is 1. The fourth-order valence-corrected chi connectivity index (χ4v) is 8.20. The summed E-state index contributed by atoms with van der Waals surface area (Å²) in [5, 5.41) is 24.7. The Morgan fingerprint density at radius 2 is 2.16 bits per heavy atom. The van der Waals surface area contributed by atoms with Gasteiger partial charge in [0, 0.05) is 28.7 Å². The topological polar surface area (TPSA) is 206 Å². The number of thiazole rings is 1. The van der Waals surface area contributed by atoms with Crippen LogP contribution in [0.25, 0.3) is 0 Å². The molecule has 2 amide bonds. The van der Waals surface area contributed by atoms with Gasteiger partial charge < -0.3 is 31.8 Å². The zero-order valence-corrected chi connectivity index (χ0v) is 23.1. The molecule has 0 saturated carbocycles. The summed E-state index contributed by atoms with van der Waals surface area (Å²) in [4.78, 5) is 48.2. The molecule has 0 bridgehead atoms. The van der Waals surface area contributed by atoms with E-state index < -0.39 is 34.9 Å². The molecule has 0 spiro atoms. The number of carbonyl (C=O) groups excluding carboxylic acids is 2. The number of pyridine rings is 1. The second-order valence-corrected chi connectivity index (χ2v) is 12.2. The van der Waals surface area contributed by atoms with E-state index in [4.69, 9.17) is 16.2 Å². The Bertz CT molecular complexity index is 1320. The predicted molar refractivity (Wildman–Crippen MR) is 146 cm³/mol. The molecule has 2 atom stereocenters. The van der Waals surface area contributed by atoms with Crippen molar-refractivity contribution in [2.24, 2.45) is 10.9 Å². The van der Waals surface area contributed by atoms with Crippen LogP contribution in [-0.4, -0.2) is 85.3 Å². The number of β-lactam (4-membered cyclic amide) rings is 1. The number of nitrogens with one attached hydrogen (secondary N) is 1. The van der Waals surface area contributed by atoms with Crippen LogP contribution in [0.4, 0.5) is 5.82 Å². The minimum Gasteiger partial charge on any atom is -0.477 e. The van der Waals surface area contributed by atoms with Crippen LogP contribution < -0.4 is 21.5 Å². The summed E-state index contributed by atoms with van der Waals surface area (Å²) in [6.07, 6.45) is 0. The van der Waals surface area contributed by atoms with Gasteiger partial charge in [0.05, 0.1) is 17.0 Å². The van der Waals surface area contributed by atoms with Gasteiger partial charge in [-0.2, -0.15) is 11.8 Å². The first-order valence-corrected chi connectivity index (χ1v) is 14.8. The second-order valence-electron chi connectivity index (χ2n) is 7.70. The molecule has 2 aromatic rings. The molecule has 1 fully saturated rings. The van der Waals surface area contributed by atoms with Crippen molar-refractivity contribution in [1.82, 2.24) is 20.2 Å². The van der Waals surface area contributed by atoms with E-state index in [1.807, 2.05) is 0 Å². The maximum Gasteiger partial charge on any atom is 0.353 e. The van der Waals surface area contributed by atoms with Crippen molar-refractivity contribution in [2.45, 2.75) is 21.4 Å². The first-order valence-electron chi connectivity index (χ1n) is 10.9. The van der Waals surface area contributed by atoms with Crippen molar-refractivity contribution < 1.29 is 29.4 Å². The molecule has 0 aromatic carbocycles. The molecule has 13 nitrogen and oxygen atoms in total. The quantitative estimate of drug-likeness (QED) is 0.0806. The van der Waals surface area contributed by atoms with Crippen LogP contribution in [0.15, 0.2) is 38.2 Å². The number of hydrogen-bond donors (Lipinski definition) is 5. The van der Waals surface area contributed by atoms with Gasteiger partial charge in [-0.15, -0.1) is 11.8 Å². The van der Waals surface area contributed by atoms with Crippen LogP contribution >= 0.6 is 46.6 Å². The van der Waals surface area contributed by atoms with Gasteiger partial charge in [-0.3, -0.25) is 14.5 Å². The van der Waals surface area contributed by atoms with Crippen LogP contribution in [0.5, 0.6) is 5.19 Å². The summed E-state index contributed by atoms with van der Waals surface area (Å²) in [5.74, 6) is -0.958. The Kier molecular flexibility index (Phi) is 9.03. The molecule has 2 aliphatic rings. The van der Waals surface area contributed by atoms with Crippen LogP contribution in [0.3, 0.4) is 0 Å². The fourth-order valence-electron chi connectivity index (χ4n) is 3.61. The first-order chi connectivity index (χ1) is 18.3. The number of nitrogen functional groups attached to an aromatic ring is 1. The minimum atomic E-state index is -1.26. The molecule has 202 valence electrons. The monoisotopic (exact) mass is 597 g/mol. The van der Waals surface area contributed by atoms with Crippen LogP contribution in [0.2, 0.25) is 0 Å². The lowest BCUT2D eigenvalue weighted by Crippen LogP contribution is -2.71. The van der Waals surface area contributed by atoms with Crippen LogP contribution in [0.1, 0.15) is 11.4 Å². The number of aliphatic carboxylic acids is 1. The number of oxime groups is 1. The number of carboxylic acid groups (broad SMARTS) is 1. The van der Waals surface area contributed by atoms with E-state index in [0.717, 1.165) is 15.7 Å². The molecule has 4 rings (SSSR count). The number of nitrogens with two attached hydrogens (primary N) is 2. The molecule has 7 N–H and O–H groups in total. The third-order valence-corrected chi connectivity index (χ3v) is 10.1. The maximum atomic E-state index is 13.0. The summed E-state index contributed by atoms with van der Waals surface area (Å²) in [5.41, 5.74) is 11.4. The number of thioether (sulfide) groups is 3. The van der Waals surface area contributed by atoms with Gasteiger partial charge in [0.2, 0.25) is 0 Å². The average Bonchev–Trinajstić information content (AvgIpc) is 3.29. The lowest BCUT2D eigenvalue weighted by molar-refractivity contribution is -0.150. The fraction of sp³-hybridized carbons (Fsp3) is 0.333. The number of methoxy groups -OCH3 is 1. The van der Waals surface area contributed by atoms with Crippen LogP contribution in [0, 0.1) is 0 Å². The van der Waals surface area contributed by atoms with E-state index in [9.17, 15) is 24.7 Å². The molecular formula is C21H23N7O6S4. The highest BCUT2D eigenvalue weighted by Gasteiger charge is 2.54. The number of nitrogens with zero attached hydrogens (tertiary/aromatic N) is 4. The molecule has 4 heterocycles. The minimum absolute atomic E-state index is 0.0233. The Hall–Kier alpha value is -2.99. The van der Waals surface area contributed by atoms with E-state index in [1.54, 1.807) is 11.8 Å². The number of anilines is 1. The number of rotatable bonds is 11. The highest BCUT2D eigenvalue weighted by molar-refractivity contribution is 8.07. The van der Waals surface area contributed by atoms with Gasteiger partial charge in [-0.05, 0) is 12.1 Å². The van der Waals surface area contributed by atoms with Crippen molar-refractivity contribution in [2.75, 3.05) is 30.9 Å². The van der Waals surface area contributed by atoms with Crippen molar-refractivity contribution in [3.8, 4) is 5.19 Å². The van der Waals surface area contributed by atoms with Crippen molar-refractivity contribution >= 4 is 75.9 Å². The highest BCUT2D eigenvalue weighted by Crippen LogP contribution is 2.47. The molecule has 0 unspecified atom stereocenters. The number of hydrogen-bond acceptors (Lipinski definition) is 14. The van der Waals surface area contributed by atoms with E-state index in [0.29, 0.717) is 28.1 Å². The van der Waals surface area contributed by atoms with E-state index >= 15 is 0 Å².